The fraction of sp³-hybridized carbons (Fsp3) is 0.444. The van der Waals surface area contributed by atoms with Crippen LogP contribution in [0.25, 0.3) is 0 Å². The predicted octanol–water partition coefficient (Wildman–Crippen LogP) is 4.98. The van der Waals surface area contributed by atoms with Gasteiger partial charge in [-0.15, -0.1) is 11.3 Å². The van der Waals surface area contributed by atoms with Crippen molar-refractivity contribution in [3.05, 3.63) is 31.9 Å². The van der Waals surface area contributed by atoms with E-state index in [0.717, 1.165) is 16.0 Å². The first kappa shape index (κ1) is 23.9. The van der Waals surface area contributed by atoms with Crippen LogP contribution in [0.5, 0.6) is 0 Å². The molecule has 1 atom stereocenters. The number of carbonyl (C=O) groups excluding carboxylic acids is 2. The van der Waals surface area contributed by atoms with E-state index >= 15 is 0 Å². The Kier molecular flexibility index (Phi) is 6.98. The quantitative estimate of drug-likeness (QED) is 0.576. The van der Waals surface area contributed by atoms with E-state index in [-0.39, 0.29) is 31.7 Å². The summed E-state index contributed by atoms with van der Waals surface area (Å²) in [4.78, 5) is 25.1. The molecule has 7 nitrogen and oxygen atoms in total. The van der Waals surface area contributed by atoms with Crippen LogP contribution in [0, 0.1) is 25.2 Å². The highest BCUT2D eigenvalue weighted by molar-refractivity contribution is 9.10. The number of amides is 1. The summed E-state index contributed by atoms with van der Waals surface area (Å²) in [5, 5.41) is 15.6. The van der Waals surface area contributed by atoms with E-state index in [1.807, 2.05) is 6.07 Å². The fourth-order valence-electron chi connectivity index (χ4n) is 2.58. The van der Waals surface area contributed by atoms with Crippen LogP contribution in [-0.2, 0) is 15.7 Å². The van der Waals surface area contributed by atoms with Gasteiger partial charge in [0.1, 0.15) is 22.0 Å². The molecule has 0 unspecified atom stereocenters. The number of aromatic nitrogens is 2. The van der Waals surface area contributed by atoms with Gasteiger partial charge in [0.2, 0.25) is 5.91 Å². The normalized spacial score (nSPS) is 12.6. The van der Waals surface area contributed by atoms with Gasteiger partial charge in [-0.2, -0.15) is 23.5 Å². The molecule has 0 aromatic carbocycles. The van der Waals surface area contributed by atoms with E-state index in [1.54, 1.807) is 20.8 Å². The smallest absolute Gasteiger partial charge is 0.436 e. The highest BCUT2D eigenvalue weighted by Gasteiger charge is 2.39. The summed E-state index contributed by atoms with van der Waals surface area (Å²) in [6, 6.07) is 0.817. The summed E-state index contributed by atoms with van der Waals surface area (Å²) in [6.07, 6.45) is -5.05. The van der Waals surface area contributed by atoms with Gasteiger partial charge >= 0.3 is 12.1 Å². The fourth-order valence-corrected chi connectivity index (χ4v) is 4.11. The molecule has 0 spiro atoms. The van der Waals surface area contributed by atoms with Crippen LogP contribution in [0.15, 0.2) is 4.47 Å². The van der Waals surface area contributed by atoms with Crippen LogP contribution in [0.1, 0.15) is 59.0 Å². The molecule has 0 aliphatic heterocycles. The second-order valence-electron chi connectivity index (χ2n) is 6.68. The van der Waals surface area contributed by atoms with E-state index in [0.29, 0.717) is 5.56 Å². The third kappa shape index (κ3) is 4.67. The van der Waals surface area contributed by atoms with Gasteiger partial charge in [0.15, 0.2) is 5.69 Å². The van der Waals surface area contributed by atoms with Crippen molar-refractivity contribution in [2.24, 2.45) is 0 Å². The number of carbonyl (C=O) groups is 2. The van der Waals surface area contributed by atoms with Crippen molar-refractivity contribution in [3.8, 4) is 6.07 Å². The molecule has 0 aliphatic rings. The van der Waals surface area contributed by atoms with Gasteiger partial charge in [0.25, 0.3) is 0 Å². The molecule has 162 valence electrons. The lowest BCUT2D eigenvalue weighted by atomic mass is 10.1. The highest BCUT2D eigenvalue weighted by Crippen LogP contribution is 2.37. The molecule has 2 heterocycles. The minimum Gasteiger partial charge on any atom is -0.459 e. The number of nitriles is 1. The van der Waals surface area contributed by atoms with Crippen molar-refractivity contribution >= 4 is 44.1 Å². The van der Waals surface area contributed by atoms with Crippen LogP contribution in [0.3, 0.4) is 0 Å². The van der Waals surface area contributed by atoms with Crippen LogP contribution < -0.4 is 5.32 Å². The lowest BCUT2D eigenvalue weighted by molar-refractivity contribution is -0.142. The number of alkyl halides is 3. The number of esters is 1. The second kappa shape index (κ2) is 8.77. The molecular formula is C18H18BrF3N4O3S. The number of halogens is 4. The molecule has 0 fully saturated rings. The number of hydrogen-bond acceptors (Lipinski definition) is 6. The molecule has 2 aromatic rings. The van der Waals surface area contributed by atoms with E-state index in [1.165, 1.54) is 13.8 Å². The predicted molar refractivity (Wildman–Crippen MR) is 107 cm³/mol. The van der Waals surface area contributed by atoms with Crippen molar-refractivity contribution in [1.82, 2.24) is 9.78 Å². The average molecular weight is 507 g/mol. The number of thiophene rings is 1. The van der Waals surface area contributed by atoms with Gasteiger partial charge in [-0.05, 0) is 56.1 Å². The first-order valence-corrected chi connectivity index (χ1v) is 10.3. The molecule has 2 rings (SSSR count). The summed E-state index contributed by atoms with van der Waals surface area (Å²) < 4.78 is 45.1. The van der Waals surface area contributed by atoms with Crippen LogP contribution >= 0.6 is 27.3 Å². The molecule has 1 amide bonds. The van der Waals surface area contributed by atoms with Gasteiger partial charge in [-0.3, -0.25) is 9.48 Å². The molecule has 1 N–H and O–H groups in total. The number of rotatable bonds is 5. The average Bonchev–Trinajstić information content (AvgIpc) is 3.10. The second-order valence-corrected chi connectivity index (χ2v) is 8.50. The molecule has 0 saturated carbocycles. The van der Waals surface area contributed by atoms with Crippen LogP contribution in [-0.4, -0.2) is 27.8 Å². The molecule has 0 saturated heterocycles. The lowest BCUT2D eigenvalue weighted by Gasteiger charge is -2.14. The summed E-state index contributed by atoms with van der Waals surface area (Å²) in [5.74, 6) is -1.32. The number of nitrogens with one attached hydrogen (secondary N) is 1. The van der Waals surface area contributed by atoms with Crippen molar-refractivity contribution in [1.29, 1.82) is 5.26 Å². The highest BCUT2D eigenvalue weighted by atomic mass is 79.9. The van der Waals surface area contributed by atoms with Crippen molar-refractivity contribution < 1.29 is 27.5 Å². The SMILES string of the molecule is Cc1c(C(=O)OC(C)C)sc(NC(=O)[C@H](C)n2nc(C(F)(F)F)c(Br)c2C)c1C#N. The zero-order valence-electron chi connectivity index (χ0n) is 16.6. The van der Waals surface area contributed by atoms with E-state index in [4.69, 9.17) is 4.74 Å². The topological polar surface area (TPSA) is 97.0 Å². The molecule has 2 aromatic heterocycles. The summed E-state index contributed by atoms with van der Waals surface area (Å²) in [5.41, 5.74) is -0.573. The molecule has 30 heavy (non-hydrogen) atoms. The van der Waals surface area contributed by atoms with Gasteiger partial charge in [0.05, 0.1) is 21.8 Å². The lowest BCUT2D eigenvalue weighted by Crippen LogP contribution is -2.25. The Balaban J connectivity index is 2.35. The molecule has 12 heteroatoms. The molecule has 0 radical (unpaired) electrons. The Bertz CT molecular complexity index is 1040. The monoisotopic (exact) mass is 506 g/mol. The summed E-state index contributed by atoms with van der Waals surface area (Å²) >= 11 is 3.74. The third-order valence-electron chi connectivity index (χ3n) is 4.12. The van der Waals surface area contributed by atoms with E-state index in [2.05, 4.69) is 26.3 Å². The van der Waals surface area contributed by atoms with Crippen molar-refractivity contribution in [2.75, 3.05) is 5.32 Å². The molecule has 0 bridgehead atoms. The zero-order chi connectivity index (χ0) is 23.0. The number of hydrogen-bond donors (Lipinski definition) is 1. The third-order valence-corrected chi connectivity index (χ3v) is 6.25. The van der Waals surface area contributed by atoms with Gasteiger partial charge < -0.3 is 10.1 Å². The van der Waals surface area contributed by atoms with Crippen LogP contribution in [0.2, 0.25) is 0 Å². The Morgan fingerprint density at radius 2 is 1.90 bits per heavy atom. The van der Waals surface area contributed by atoms with E-state index in [9.17, 15) is 28.0 Å². The summed E-state index contributed by atoms with van der Waals surface area (Å²) in [6.45, 7) is 7.68. The van der Waals surface area contributed by atoms with E-state index < -0.39 is 29.8 Å². The Morgan fingerprint density at radius 3 is 2.37 bits per heavy atom. The molecular weight excluding hydrogens is 489 g/mol. The largest absolute Gasteiger partial charge is 0.459 e. The standard InChI is InChI=1S/C18H18BrF3N4O3S/c1-7(2)29-17(28)13-8(3)11(6-23)16(30-13)24-15(27)10(5)26-9(4)12(19)14(25-26)18(20,21)22/h7,10H,1-5H3,(H,24,27)/t10-/m0/s1. The van der Waals surface area contributed by atoms with Crippen molar-refractivity contribution in [2.45, 2.75) is 52.9 Å². The summed E-state index contributed by atoms with van der Waals surface area (Å²) in [7, 11) is 0. The Hall–Kier alpha value is -2.39. The number of anilines is 1. The van der Waals surface area contributed by atoms with Gasteiger partial charge in [0, 0.05) is 0 Å². The first-order valence-electron chi connectivity index (χ1n) is 8.66. The maximum absolute atomic E-state index is 13.1. The molecule has 0 aliphatic carbocycles. The maximum Gasteiger partial charge on any atom is 0.436 e. The Morgan fingerprint density at radius 1 is 1.30 bits per heavy atom. The van der Waals surface area contributed by atoms with Crippen molar-refractivity contribution in [3.63, 3.8) is 0 Å². The first-order chi connectivity index (χ1) is 13.8. The minimum absolute atomic E-state index is 0.0885. The zero-order valence-corrected chi connectivity index (χ0v) is 19.0. The maximum atomic E-state index is 13.1. The number of nitrogens with zero attached hydrogens (tertiary/aromatic N) is 3. The Labute approximate surface area is 182 Å². The minimum atomic E-state index is -4.68. The number of ether oxygens (including phenoxy) is 1. The van der Waals surface area contributed by atoms with Gasteiger partial charge in [-0.1, -0.05) is 0 Å². The van der Waals surface area contributed by atoms with Crippen LogP contribution in [0.4, 0.5) is 18.2 Å². The van der Waals surface area contributed by atoms with Gasteiger partial charge in [-0.25, -0.2) is 4.79 Å².